The average molecular weight is 357 g/mol. The number of imidazole rings is 1. The second-order valence-corrected chi connectivity index (χ2v) is 9.75. The van der Waals surface area contributed by atoms with Crippen molar-refractivity contribution in [2.75, 3.05) is 26.2 Å². The molecule has 4 nitrogen and oxygen atoms in total. The predicted molar refractivity (Wildman–Crippen MR) is 105 cm³/mol. The number of piperidine rings is 1. The third kappa shape index (κ3) is 3.87. The van der Waals surface area contributed by atoms with E-state index in [2.05, 4.69) is 21.0 Å². The first-order valence-corrected chi connectivity index (χ1v) is 11.3. The molecule has 2 bridgehead atoms. The number of rotatable bonds is 6. The summed E-state index contributed by atoms with van der Waals surface area (Å²) in [7, 11) is 0. The summed E-state index contributed by atoms with van der Waals surface area (Å²) < 4.78 is 0. The minimum atomic E-state index is 0.801. The van der Waals surface area contributed by atoms with Crippen LogP contribution in [0.1, 0.15) is 69.3 Å². The van der Waals surface area contributed by atoms with E-state index in [1.807, 2.05) is 0 Å². The van der Waals surface area contributed by atoms with Crippen LogP contribution in [0.25, 0.3) is 0 Å². The molecule has 0 spiro atoms. The summed E-state index contributed by atoms with van der Waals surface area (Å²) in [6.45, 7) is 6.36. The van der Waals surface area contributed by atoms with Crippen LogP contribution in [0.5, 0.6) is 0 Å². The Balaban J connectivity index is 1.17. The van der Waals surface area contributed by atoms with Gasteiger partial charge in [-0.25, -0.2) is 4.98 Å². The molecule has 144 valence electrons. The second-order valence-electron chi connectivity index (χ2n) is 9.75. The molecule has 5 aliphatic rings. The Morgan fingerprint density at radius 2 is 1.77 bits per heavy atom. The molecule has 1 N–H and O–H groups in total. The van der Waals surface area contributed by atoms with Crippen LogP contribution >= 0.6 is 0 Å². The highest BCUT2D eigenvalue weighted by Gasteiger charge is 2.36. The zero-order valence-electron chi connectivity index (χ0n) is 16.3. The molecule has 6 rings (SSSR count). The van der Waals surface area contributed by atoms with Crippen LogP contribution in [-0.4, -0.2) is 52.0 Å². The Morgan fingerprint density at radius 1 is 0.923 bits per heavy atom. The summed E-state index contributed by atoms with van der Waals surface area (Å²) in [5, 5.41) is 0. The zero-order valence-corrected chi connectivity index (χ0v) is 16.3. The van der Waals surface area contributed by atoms with Crippen LogP contribution in [0.15, 0.2) is 6.20 Å². The third-order valence-corrected chi connectivity index (χ3v) is 7.65. The Bertz CT molecular complexity index is 587. The van der Waals surface area contributed by atoms with Crippen LogP contribution in [0.4, 0.5) is 0 Å². The molecule has 0 radical (unpaired) electrons. The molecule has 0 amide bonds. The maximum absolute atomic E-state index is 4.70. The molecular formula is C22H36N4. The second kappa shape index (κ2) is 7.63. The molecule has 1 aromatic rings. The zero-order chi connectivity index (χ0) is 17.3. The van der Waals surface area contributed by atoms with E-state index in [1.165, 1.54) is 102 Å². The fraction of sp³-hybridized carbons (Fsp3) is 0.864. The molecule has 3 aliphatic heterocycles. The molecule has 4 heterocycles. The van der Waals surface area contributed by atoms with E-state index in [9.17, 15) is 0 Å². The fourth-order valence-corrected chi connectivity index (χ4v) is 5.95. The number of H-pyrrole nitrogens is 1. The van der Waals surface area contributed by atoms with Crippen molar-refractivity contribution in [1.82, 2.24) is 19.8 Å². The molecule has 5 fully saturated rings. The van der Waals surface area contributed by atoms with Gasteiger partial charge in [0.05, 0.1) is 0 Å². The van der Waals surface area contributed by atoms with Gasteiger partial charge in [-0.1, -0.05) is 32.1 Å². The lowest BCUT2D eigenvalue weighted by atomic mass is 9.83. The number of aromatic amines is 1. The van der Waals surface area contributed by atoms with Gasteiger partial charge in [0.25, 0.3) is 0 Å². The van der Waals surface area contributed by atoms with Crippen molar-refractivity contribution in [3.8, 4) is 0 Å². The summed E-state index contributed by atoms with van der Waals surface area (Å²) >= 11 is 0. The highest BCUT2D eigenvalue weighted by atomic mass is 15.3. The van der Waals surface area contributed by atoms with Crippen LogP contribution in [0, 0.1) is 17.8 Å². The van der Waals surface area contributed by atoms with E-state index < -0.39 is 0 Å². The molecule has 2 aliphatic carbocycles. The summed E-state index contributed by atoms with van der Waals surface area (Å²) in [6.07, 6.45) is 16.2. The lowest BCUT2D eigenvalue weighted by Gasteiger charge is -2.40. The minimum Gasteiger partial charge on any atom is -0.345 e. The first kappa shape index (κ1) is 17.2. The Morgan fingerprint density at radius 3 is 2.58 bits per heavy atom. The van der Waals surface area contributed by atoms with Crippen molar-refractivity contribution >= 4 is 0 Å². The Kier molecular flexibility index (Phi) is 5.06. The van der Waals surface area contributed by atoms with Gasteiger partial charge in [0.2, 0.25) is 0 Å². The Hall–Kier alpha value is -0.870. The maximum atomic E-state index is 4.70. The number of aromatic nitrogens is 2. The van der Waals surface area contributed by atoms with Crippen molar-refractivity contribution < 1.29 is 0 Å². The standard InChI is InChI=1S/C22H36N4/c1-2-5-17(4-1)10-22-23-11-20(24-22)15-25-12-19-8-9-21(16-25)26(14-19)13-18-6-3-7-18/h11,17-19,21H,1-10,12-16H2,(H,23,24)/t19-,21+/m1/s1. The smallest absolute Gasteiger partial charge is 0.106 e. The van der Waals surface area contributed by atoms with E-state index in [4.69, 9.17) is 4.98 Å². The topological polar surface area (TPSA) is 35.2 Å². The molecule has 2 atom stereocenters. The molecule has 4 heteroatoms. The van der Waals surface area contributed by atoms with Gasteiger partial charge >= 0.3 is 0 Å². The lowest BCUT2D eigenvalue weighted by molar-refractivity contribution is 0.0890. The molecule has 2 saturated carbocycles. The molecular weight excluding hydrogens is 320 g/mol. The van der Waals surface area contributed by atoms with Gasteiger partial charge in [-0.2, -0.15) is 0 Å². The van der Waals surface area contributed by atoms with Crippen LogP contribution in [0.3, 0.4) is 0 Å². The van der Waals surface area contributed by atoms with E-state index >= 15 is 0 Å². The fourth-order valence-electron chi connectivity index (χ4n) is 5.95. The summed E-state index contributed by atoms with van der Waals surface area (Å²) in [5.74, 6) is 4.00. The molecule has 3 saturated heterocycles. The van der Waals surface area contributed by atoms with Gasteiger partial charge in [-0.15, -0.1) is 0 Å². The maximum Gasteiger partial charge on any atom is 0.106 e. The minimum absolute atomic E-state index is 0.801. The van der Waals surface area contributed by atoms with Crippen molar-refractivity contribution in [3.63, 3.8) is 0 Å². The van der Waals surface area contributed by atoms with Crippen LogP contribution in [0.2, 0.25) is 0 Å². The number of hydrogen-bond acceptors (Lipinski definition) is 3. The molecule has 0 unspecified atom stereocenters. The summed E-state index contributed by atoms with van der Waals surface area (Å²) in [4.78, 5) is 13.9. The van der Waals surface area contributed by atoms with Crippen LogP contribution < -0.4 is 0 Å². The van der Waals surface area contributed by atoms with Gasteiger partial charge in [0.1, 0.15) is 5.82 Å². The van der Waals surface area contributed by atoms with Crippen LogP contribution in [-0.2, 0) is 13.0 Å². The first-order valence-electron chi connectivity index (χ1n) is 11.3. The van der Waals surface area contributed by atoms with Crippen molar-refractivity contribution in [2.45, 2.75) is 76.8 Å². The van der Waals surface area contributed by atoms with Gasteiger partial charge in [0, 0.05) is 57.1 Å². The van der Waals surface area contributed by atoms with E-state index in [-0.39, 0.29) is 0 Å². The van der Waals surface area contributed by atoms with Gasteiger partial charge in [-0.05, 0) is 43.4 Å². The normalized spacial score (nSPS) is 31.4. The first-order chi connectivity index (χ1) is 12.8. The average Bonchev–Trinajstić information content (AvgIpc) is 3.18. The SMILES string of the molecule is c1nc(CC2CCCC2)[nH]c1CN1C[C@H]2CC[C@@H](C1)N(CC1CCC1)C2. The number of fused-ring (bicyclic) bond motifs is 4. The van der Waals surface area contributed by atoms with Gasteiger partial charge in [-0.3, -0.25) is 9.80 Å². The highest BCUT2D eigenvalue weighted by Crippen LogP contribution is 2.33. The van der Waals surface area contributed by atoms with Crippen molar-refractivity contribution in [2.24, 2.45) is 17.8 Å². The molecule has 26 heavy (non-hydrogen) atoms. The Labute approximate surface area is 158 Å². The van der Waals surface area contributed by atoms with Gasteiger partial charge in [0.15, 0.2) is 0 Å². The number of hydrogen-bond donors (Lipinski definition) is 1. The molecule has 0 aromatic carbocycles. The highest BCUT2D eigenvalue weighted by molar-refractivity contribution is 5.03. The van der Waals surface area contributed by atoms with Crippen molar-refractivity contribution in [3.05, 3.63) is 17.7 Å². The summed E-state index contributed by atoms with van der Waals surface area (Å²) in [6, 6.07) is 0.801. The predicted octanol–water partition coefficient (Wildman–Crippen LogP) is 3.84. The van der Waals surface area contributed by atoms with E-state index in [0.29, 0.717) is 0 Å². The van der Waals surface area contributed by atoms with E-state index in [1.54, 1.807) is 0 Å². The lowest BCUT2D eigenvalue weighted by Crippen LogP contribution is -2.46. The largest absolute Gasteiger partial charge is 0.345 e. The quantitative estimate of drug-likeness (QED) is 0.841. The van der Waals surface area contributed by atoms with E-state index in [0.717, 1.165) is 30.3 Å². The number of nitrogens with zero attached hydrogens (tertiary/aromatic N) is 3. The molecule has 1 aromatic heterocycles. The van der Waals surface area contributed by atoms with Crippen molar-refractivity contribution in [1.29, 1.82) is 0 Å². The number of nitrogens with one attached hydrogen (secondary N) is 1. The van der Waals surface area contributed by atoms with Gasteiger partial charge < -0.3 is 4.98 Å². The monoisotopic (exact) mass is 356 g/mol. The summed E-state index contributed by atoms with van der Waals surface area (Å²) in [5.41, 5.74) is 1.34. The third-order valence-electron chi connectivity index (χ3n) is 7.65.